The molecule has 8 rings (SSSR count). The van der Waals surface area contributed by atoms with Gasteiger partial charge in [0, 0.05) is 0 Å². The highest BCUT2D eigenvalue weighted by molar-refractivity contribution is 6.22. The van der Waals surface area contributed by atoms with Gasteiger partial charge in [-0.15, -0.1) is 0 Å². The Kier molecular flexibility index (Phi) is 6.59. The lowest BCUT2D eigenvalue weighted by Gasteiger charge is -2.20. The fourth-order valence-electron chi connectivity index (χ4n) is 6.58. The molecule has 0 aliphatic heterocycles. The zero-order valence-electron chi connectivity index (χ0n) is 24.3. The molecule has 0 saturated heterocycles. The van der Waals surface area contributed by atoms with Gasteiger partial charge in [0.2, 0.25) is 0 Å². The molecule has 206 valence electrons. The quantitative estimate of drug-likeness (QED) is 0.184. The standard InChI is InChI=1S/C44H30/c1-5-15-31(16-6-1)35-25-26-41-42(30-35)44(40-24-14-13-23-39(40)43(41)34-21-11-4-12-22-34)38-28-36(32-17-7-2-8-18-32)27-37(29-38)33-19-9-3-10-20-33/h1-30H. The van der Waals surface area contributed by atoms with Crippen molar-refractivity contribution in [1.82, 2.24) is 0 Å². The molecular weight excluding hydrogens is 528 g/mol. The van der Waals surface area contributed by atoms with Crippen molar-refractivity contribution < 1.29 is 0 Å². The first-order valence-electron chi connectivity index (χ1n) is 15.2. The maximum absolute atomic E-state index is 2.40. The lowest BCUT2D eigenvalue weighted by molar-refractivity contribution is 1.58. The summed E-state index contributed by atoms with van der Waals surface area (Å²) in [5.41, 5.74) is 12.3. The topological polar surface area (TPSA) is 0 Å². The molecule has 0 aromatic heterocycles. The van der Waals surface area contributed by atoms with Crippen LogP contribution in [0.5, 0.6) is 0 Å². The lowest BCUT2D eigenvalue weighted by Crippen LogP contribution is -1.93. The van der Waals surface area contributed by atoms with Crippen molar-refractivity contribution in [2.45, 2.75) is 0 Å². The van der Waals surface area contributed by atoms with Crippen molar-refractivity contribution in [3.8, 4) is 55.6 Å². The summed E-state index contributed by atoms with van der Waals surface area (Å²) >= 11 is 0. The largest absolute Gasteiger partial charge is 0.0622 e. The summed E-state index contributed by atoms with van der Waals surface area (Å²) < 4.78 is 0. The average molecular weight is 559 g/mol. The van der Waals surface area contributed by atoms with E-state index < -0.39 is 0 Å². The molecule has 0 heteroatoms. The maximum atomic E-state index is 2.40. The molecule has 0 heterocycles. The van der Waals surface area contributed by atoms with Crippen LogP contribution in [0.15, 0.2) is 182 Å². The number of hydrogen-bond donors (Lipinski definition) is 0. The highest BCUT2D eigenvalue weighted by atomic mass is 14.2. The second kappa shape index (κ2) is 11.2. The predicted molar refractivity (Wildman–Crippen MR) is 189 cm³/mol. The molecule has 0 radical (unpaired) electrons. The first-order valence-corrected chi connectivity index (χ1v) is 15.2. The van der Waals surface area contributed by atoms with Crippen molar-refractivity contribution in [1.29, 1.82) is 0 Å². The number of fused-ring (bicyclic) bond motifs is 2. The molecule has 0 fully saturated rings. The Morgan fingerprint density at radius 3 is 1.05 bits per heavy atom. The fourth-order valence-corrected chi connectivity index (χ4v) is 6.58. The van der Waals surface area contributed by atoms with E-state index in [1.165, 1.54) is 77.2 Å². The van der Waals surface area contributed by atoms with Crippen LogP contribution in [0, 0.1) is 0 Å². The zero-order chi connectivity index (χ0) is 29.3. The summed E-state index contributed by atoms with van der Waals surface area (Å²) in [6, 6.07) is 66.0. The Labute approximate surface area is 258 Å². The maximum Gasteiger partial charge on any atom is -0.00257 e. The monoisotopic (exact) mass is 558 g/mol. The van der Waals surface area contributed by atoms with E-state index >= 15 is 0 Å². The fraction of sp³-hybridized carbons (Fsp3) is 0. The highest BCUT2D eigenvalue weighted by Crippen LogP contribution is 2.46. The van der Waals surface area contributed by atoms with Crippen molar-refractivity contribution in [2.75, 3.05) is 0 Å². The van der Waals surface area contributed by atoms with Gasteiger partial charge in [-0.1, -0.05) is 158 Å². The van der Waals surface area contributed by atoms with Gasteiger partial charge >= 0.3 is 0 Å². The van der Waals surface area contributed by atoms with Gasteiger partial charge in [-0.05, 0) is 101 Å². The van der Waals surface area contributed by atoms with Gasteiger partial charge in [-0.25, -0.2) is 0 Å². The van der Waals surface area contributed by atoms with E-state index in [1.807, 2.05) is 0 Å². The van der Waals surface area contributed by atoms with E-state index in [0.29, 0.717) is 0 Å². The minimum Gasteiger partial charge on any atom is -0.0622 e. The molecule has 0 aliphatic rings. The van der Waals surface area contributed by atoms with Crippen molar-refractivity contribution in [2.24, 2.45) is 0 Å². The summed E-state index contributed by atoms with van der Waals surface area (Å²) in [5, 5.41) is 5.04. The van der Waals surface area contributed by atoms with Gasteiger partial charge in [-0.2, -0.15) is 0 Å². The second-order valence-electron chi connectivity index (χ2n) is 11.3. The molecule has 8 aromatic carbocycles. The SMILES string of the molecule is c1ccc(-c2cc(-c3ccccc3)cc(-c3c4ccccc4c(-c4ccccc4)c4ccc(-c5ccccc5)cc34)c2)cc1. The average Bonchev–Trinajstić information content (AvgIpc) is 3.11. The minimum atomic E-state index is 1.21. The Balaban J connectivity index is 1.51. The van der Waals surface area contributed by atoms with E-state index in [2.05, 4.69) is 182 Å². The third kappa shape index (κ3) is 4.68. The number of benzene rings is 8. The molecule has 0 unspecified atom stereocenters. The third-order valence-electron chi connectivity index (χ3n) is 8.63. The van der Waals surface area contributed by atoms with Crippen LogP contribution in [-0.2, 0) is 0 Å². The molecule has 0 bridgehead atoms. The van der Waals surface area contributed by atoms with E-state index in [9.17, 15) is 0 Å². The van der Waals surface area contributed by atoms with E-state index in [1.54, 1.807) is 0 Å². The second-order valence-corrected chi connectivity index (χ2v) is 11.3. The zero-order valence-corrected chi connectivity index (χ0v) is 24.3. The van der Waals surface area contributed by atoms with Gasteiger partial charge < -0.3 is 0 Å². The summed E-state index contributed by atoms with van der Waals surface area (Å²) in [6.07, 6.45) is 0. The van der Waals surface area contributed by atoms with Crippen molar-refractivity contribution >= 4 is 21.5 Å². The van der Waals surface area contributed by atoms with Gasteiger partial charge in [-0.3, -0.25) is 0 Å². The Bertz CT molecular complexity index is 2170. The molecule has 0 atom stereocenters. The smallest absolute Gasteiger partial charge is 0.00257 e. The van der Waals surface area contributed by atoms with E-state index in [4.69, 9.17) is 0 Å². The molecule has 0 spiro atoms. The van der Waals surface area contributed by atoms with Crippen molar-refractivity contribution in [3.63, 3.8) is 0 Å². The molecule has 0 N–H and O–H groups in total. The van der Waals surface area contributed by atoms with Crippen LogP contribution in [0.25, 0.3) is 77.2 Å². The van der Waals surface area contributed by atoms with Gasteiger partial charge in [0.05, 0.1) is 0 Å². The summed E-state index contributed by atoms with van der Waals surface area (Å²) in [7, 11) is 0. The Hall–Kier alpha value is -5.72. The van der Waals surface area contributed by atoms with Crippen LogP contribution in [0.3, 0.4) is 0 Å². The molecule has 44 heavy (non-hydrogen) atoms. The van der Waals surface area contributed by atoms with Crippen LogP contribution >= 0.6 is 0 Å². The van der Waals surface area contributed by atoms with Gasteiger partial charge in [0.25, 0.3) is 0 Å². The van der Waals surface area contributed by atoms with E-state index in [-0.39, 0.29) is 0 Å². The minimum absolute atomic E-state index is 1.21. The highest BCUT2D eigenvalue weighted by Gasteiger charge is 2.18. The molecule has 0 amide bonds. The van der Waals surface area contributed by atoms with E-state index in [0.717, 1.165) is 0 Å². The lowest BCUT2D eigenvalue weighted by atomic mass is 9.83. The molecule has 0 aliphatic carbocycles. The molecule has 0 nitrogen and oxygen atoms in total. The molecule has 0 saturated carbocycles. The van der Waals surface area contributed by atoms with Crippen molar-refractivity contribution in [3.05, 3.63) is 182 Å². The van der Waals surface area contributed by atoms with Gasteiger partial charge in [0.15, 0.2) is 0 Å². The van der Waals surface area contributed by atoms with Crippen LogP contribution in [0.4, 0.5) is 0 Å². The Morgan fingerprint density at radius 1 is 0.182 bits per heavy atom. The summed E-state index contributed by atoms with van der Waals surface area (Å²) in [6.45, 7) is 0. The van der Waals surface area contributed by atoms with Crippen LogP contribution < -0.4 is 0 Å². The van der Waals surface area contributed by atoms with Crippen LogP contribution in [0.1, 0.15) is 0 Å². The normalized spacial score (nSPS) is 11.2. The predicted octanol–water partition coefficient (Wildman–Crippen LogP) is 12.3. The molecule has 8 aromatic rings. The number of hydrogen-bond acceptors (Lipinski definition) is 0. The van der Waals surface area contributed by atoms with Crippen LogP contribution in [0.2, 0.25) is 0 Å². The van der Waals surface area contributed by atoms with Gasteiger partial charge in [0.1, 0.15) is 0 Å². The summed E-state index contributed by atoms with van der Waals surface area (Å²) in [4.78, 5) is 0. The number of rotatable bonds is 5. The molecular formula is C44H30. The first kappa shape index (κ1) is 25.9. The summed E-state index contributed by atoms with van der Waals surface area (Å²) in [5.74, 6) is 0. The first-order chi connectivity index (χ1) is 21.8. The third-order valence-corrected chi connectivity index (χ3v) is 8.63. The Morgan fingerprint density at radius 2 is 0.545 bits per heavy atom. The van der Waals surface area contributed by atoms with Crippen LogP contribution in [-0.4, -0.2) is 0 Å².